The van der Waals surface area contributed by atoms with Crippen LogP contribution in [-0.4, -0.2) is 41.5 Å². The minimum atomic E-state index is -1.34. The minimum Gasteiger partial charge on any atom is -0.480 e. The van der Waals surface area contributed by atoms with Crippen molar-refractivity contribution in [3.63, 3.8) is 0 Å². The molecule has 0 atom stereocenters. The van der Waals surface area contributed by atoms with Crippen molar-refractivity contribution in [1.82, 2.24) is 5.32 Å². The zero-order valence-corrected chi connectivity index (χ0v) is 14.3. The van der Waals surface area contributed by atoms with Gasteiger partial charge in [0.15, 0.2) is 11.5 Å². The van der Waals surface area contributed by atoms with Crippen molar-refractivity contribution in [2.24, 2.45) is 0 Å². The summed E-state index contributed by atoms with van der Waals surface area (Å²) in [7, 11) is 0. The lowest BCUT2D eigenvalue weighted by atomic mass is 9.90. The Morgan fingerprint density at radius 3 is 2.27 bits per heavy atom. The van der Waals surface area contributed by atoms with Crippen molar-refractivity contribution >= 4 is 17.7 Å². The lowest BCUT2D eigenvalue weighted by molar-refractivity contribution is -0.148. The molecule has 1 aliphatic rings. The summed E-state index contributed by atoms with van der Waals surface area (Å²) in [6, 6.07) is 9.96. The first kappa shape index (κ1) is 17.9. The van der Waals surface area contributed by atoms with Gasteiger partial charge in [-0.2, -0.15) is 0 Å². The van der Waals surface area contributed by atoms with E-state index in [1.54, 1.807) is 30.3 Å². The molecule has 1 aliphatic heterocycles. The Labute approximate surface area is 150 Å². The van der Waals surface area contributed by atoms with E-state index in [1.807, 2.05) is 0 Å². The van der Waals surface area contributed by atoms with Gasteiger partial charge in [0, 0.05) is 37.2 Å². The van der Waals surface area contributed by atoms with Gasteiger partial charge < -0.3 is 19.6 Å². The number of carboxylic acids is 1. The SMILES string of the molecule is CC(=O)c1ccc(-c2ccc(C(=O)NC3(C(=O)O)CCOCC3)o2)cc1. The Hall–Kier alpha value is -2.93. The highest BCUT2D eigenvalue weighted by Crippen LogP contribution is 2.25. The summed E-state index contributed by atoms with van der Waals surface area (Å²) in [6.45, 7) is 2.04. The smallest absolute Gasteiger partial charge is 0.329 e. The average molecular weight is 357 g/mol. The van der Waals surface area contributed by atoms with E-state index in [1.165, 1.54) is 13.0 Å². The van der Waals surface area contributed by atoms with E-state index in [-0.39, 0.29) is 37.6 Å². The summed E-state index contributed by atoms with van der Waals surface area (Å²) in [6.07, 6.45) is 0.405. The van der Waals surface area contributed by atoms with Crippen LogP contribution in [0.4, 0.5) is 0 Å². The molecule has 2 heterocycles. The Morgan fingerprint density at radius 2 is 1.69 bits per heavy atom. The number of ether oxygens (including phenoxy) is 1. The predicted octanol–water partition coefficient (Wildman–Crippen LogP) is 2.51. The first-order valence-electron chi connectivity index (χ1n) is 8.26. The summed E-state index contributed by atoms with van der Waals surface area (Å²) < 4.78 is 10.8. The van der Waals surface area contributed by atoms with E-state index < -0.39 is 17.4 Å². The Bertz CT molecular complexity index is 830. The summed E-state index contributed by atoms with van der Waals surface area (Å²) in [4.78, 5) is 35.4. The Morgan fingerprint density at radius 1 is 1.04 bits per heavy atom. The number of amides is 1. The summed E-state index contributed by atoms with van der Waals surface area (Å²) >= 11 is 0. The van der Waals surface area contributed by atoms with E-state index in [4.69, 9.17) is 9.15 Å². The third-order valence-corrected chi connectivity index (χ3v) is 4.51. The molecule has 1 saturated heterocycles. The van der Waals surface area contributed by atoms with Crippen LogP contribution in [0.3, 0.4) is 0 Å². The number of ketones is 1. The first-order chi connectivity index (χ1) is 12.4. The van der Waals surface area contributed by atoms with Gasteiger partial charge in [-0.25, -0.2) is 4.79 Å². The molecule has 136 valence electrons. The molecule has 0 unspecified atom stereocenters. The molecule has 0 spiro atoms. The quantitative estimate of drug-likeness (QED) is 0.797. The van der Waals surface area contributed by atoms with Crippen molar-refractivity contribution in [2.75, 3.05) is 13.2 Å². The van der Waals surface area contributed by atoms with Crippen LogP contribution in [0.15, 0.2) is 40.8 Å². The number of carbonyl (C=O) groups excluding carboxylic acids is 2. The molecule has 26 heavy (non-hydrogen) atoms. The van der Waals surface area contributed by atoms with E-state index in [2.05, 4.69) is 5.32 Å². The number of furan rings is 1. The third kappa shape index (κ3) is 3.52. The molecule has 1 fully saturated rings. The maximum atomic E-state index is 12.5. The lowest BCUT2D eigenvalue weighted by Crippen LogP contribution is -2.57. The zero-order valence-electron chi connectivity index (χ0n) is 14.3. The van der Waals surface area contributed by atoms with Crippen molar-refractivity contribution in [3.05, 3.63) is 47.7 Å². The molecular formula is C19H19NO6. The van der Waals surface area contributed by atoms with E-state index in [0.29, 0.717) is 16.9 Å². The Kier molecular flexibility index (Phi) is 4.90. The number of carboxylic acid groups (broad SMARTS) is 1. The summed E-state index contributed by atoms with van der Waals surface area (Å²) in [5, 5.41) is 12.1. The van der Waals surface area contributed by atoms with Gasteiger partial charge in [-0.1, -0.05) is 24.3 Å². The van der Waals surface area contributed by atoms with Crippen molar-refractivity contribution in [1.29, 1.82) is 0 Å². The normalized spacial score (nSPS) is 16.0. The van der Waals surface area contributed by atoms with Crippen LogP contribution >= 0.6 is 0 Å². The molecule has 0 aliphatic carbocycles. The number of benzene rings is 1. The van der Waals surface area contributed by atoms with Crippen LogP contribution in [0.1, 0.15) is 40.7 Å². The van der Waals surface area contributed by atoms with Crippen LogP contribution in [0.25, 0.3) is 11.3 Å². The number of carbonyl (C=O) groups is 3. The largest absolute Gasteiger partial charge is 0.480 e. The molecule has 2 aromatic rings. The van der Waals surface area contributed by atoms with Gasteiger partial charge in [0.25, 0.3) is 5.91 Å². The number of Topliss-reactive ketones (excluding diaryl/α,β-unsaturated/α-hetero) is 1. The van der Waals surface area contributed by atoms with E-state index in [0.717, 1.165) is 0 Å². The van der Waals surface area contributed by atoms with E-state index >= 15 is 0 Å². The molecule has 2 N–H and O–H groups in total. The zero-order chi connectivity index (χ0) is 18.7. The van der Waals surface area contributed by atoms with Crippen LogP contribution in [-0.2, 0) is 9.53 Å². The van der Waals surface area contributed by atoms with Gasteiger partial charge in [-0.3, -0.25) is 9.59 Å². The summed E-state index contributed by atoms with van der Waals surface area (Å²) in [5.41, 5.74) is -0.0416. The maximum absolute atomic E-state index is 12.5. The molecular weight excluding hydrogens is 338 g/mol. The molecule has 1 aromatic heterocycles. The number of hydrogen-bond donors (Lipinski definition) is 2. The molecule has 1 amide bonds. The number of rotatable bonds is 5. The van der Waals surface area contributed by atoms with Crippen molar-refractivity contribution in [3.8, 4) is 11.3 Å². The fraction of sp³-hybridized carbons (Fsp3) is 0.316. The number of aliphatic carboxylic acids is 1. The van der Waals surface area contributed by atoms with Crippen LogP contribution in [0.5, 0.6) is 0 Å². The molecule has 3 rings (SSSR count). The molecule has 1 aromatic carbocycles. The molecule has 7 nitrogen and oxygen atoms in total. The molecule has 0 saturated carbocycles. The fourth-order valence-corrected chi connectivity index (χ4v) is 2.88. The standard InChI is InChI=1S/C19H19NO6/c1-12(21)13-2-4-14(5-3-13)15-6-7-16(26-15)17(22)20-19(18(23)24)8-10-25-11-9-19/h2-7H,8-11H2,1H3,(H,20,22)(H,23,24). The number of nitrogens with one attached hydrogen (secondary N) is 1. The molecule has 7 heteroatoms. The van der Waals surface area contributed by atoms with Crippen LogP contribution in [0.2, 0.25) is 0 Å². The van der Waals surface area contributed by atoms with Gasteiger partial charge in [0.1, 0.15) is 11.3 Å². The maximum Gasteiger partial charge on any atom is 0.329 e. The van der Waals surface area contributed by atoms with Crippen LogP contribution in [0, 0.1) is 0 Å². The third-order valence-electron chi connectivity index (χ3n) is 4.51. The predicted molar refractivity (Wildman–Crippen MR) is 92.0 cm³/mol. The fourth-order valence-electron chi connectivity index (χ4n) is 2.88. The topological polar surface area (TPSA) is 106 Å². The lowest BCUT2D eigenvalue weighted by Gasteiger charge is -2.33. The van der Waals surface area contributed by atoms with Gasteiger partial charge >= 0.3 is 5.97 Å². The van der Waals surface area contributed by atoms with Gasteiger partial charge in [-0.15, -0.1) is 0 Å². The average Bonchev–Trinajstić information content (AvgIpc) is 3.13. The highest BCUT2D eigenvalue weighted by molar-refractivity contribution is 5.96. The van der Waals surface area contributed by atoms with Gasteiger partial charge in [0.05, 0.1) is 0 Å². The van der Waals surface area contributed by atoms with Crippen LogP contribution < -0.4 is 5.32 Å². The number of hydrogen-bond acceptors (Lipinski definition) is 5. The monoisotopic (exact) mass is 357 g/mol. The Balaban J connectivity index is 1.77. The second-order valence-electron chi connectivity index (χ2n) is 6.25. The van der Waals surface area contributed by atoms with Gasteiger partial charge in [-0.05, 0) is 19.1 Å². The second kappa shape index (κ2) is 7.13. The van der Waals surface area contributed by atoms with Crippen molar-refractivity contribution in [2.45, 2.75) is 25.3 Å². The highest BCUT2D eigenvalue weighted by atomic mass is 16.5. The first-order valence-corrected chi connectivity index (χ1v) is 8.26. The second-order valence-corrected chi connectivity index (χ2v) is 6.25. The molecule has 0 bridgehead atoms. The highest BCUT2D eigenvalue weighted by Gasteiger charge is 2.42. The minimum absolute atomic E-state index is 0.0303. The van der Waals surface area contributed by atoms with Gasteiger partial charge in [0.2, 0.25) is 0 Å². The van der Waals surface area contributed by atoms with E-state index in [9.17, 15) is 19.5 Å². The van der Waals surface area contributed by atoms with Crippen molar-refractivity contribution < 1.29 is 28.6 Å². The summed E-state index contributed by atoms with van der Waals surface area (Å²) in [5.74, 6) is -1.21. The molecule has 0 radical (unpaired) electrons.